The van der Waals surface area contributed by atoms with Crippen LogP contribution in [0.3, 0.4) is 0 Å². The largest absolute Gasteiger partial charge is 0.344 e. The number of sulfonamides is 1. The van der Waals surface area contributed by atoms with Gasteiger partial charge in [0.25, 0.3) is 0 Å². The molecule has 5 nitrogen and oxygen atoms in total. The molecule has 6 heteroatoms. The molecule has 0 bridgehead atoms. The van der Waals surface area contributed by atoms with E-state index in [1.807, 2.05) is 73.7 Å². The molecular formula is C25H28N2O3S. The van der Waals surface area contributed by atoms with E-state index < -0.39 is 10.0 Å². The third-order valence-corrected chi connectivity index (χ3v) is 7.27. The first-order valence-corrected chi connectivity index (χ1v) is 11.7. The van der Waals surface area contributed by atoms with Gasteiger partial charge < -0.3 is 5.32 Å². The number of likely N-dealkylation sites (N-methyl/N-ethyl adjacent to an activating group) is 1. The molecule has 0 atom stereocenters. The number of benzene rings is 3. The molecule has 0 aliphatic carbocycles. The lowest BCUT2D eigenvalue weighted by atomic mass is 9.99. The van der Waals surface area contributed by atoms with Gasteiger partial charge >= 0.3 is 0 Å². The fourth-order valence-corrected chi connectivity index (χ4v) is 5.22. The molecule has 0 radical (unpaired) electrons. The molecule has 0 saturated carbocycles. The molecule has 0 spiro atoms. The number of rotatable bonds is 8. The number of carbonyl (C=O) groups excluding carboxylic acids is 1. The second-order valence-electron chi connectivity index (χ2n) is 7.52. The van der Waals surface area contributed by atoms with Crippen LogP contribution in [-0.4, -0.2) is 31.7 Å². The number of hydrogen-bond acceptors (Lipinski definition) is 3. The van der Waals surface area contributed by atoms with E-state index in [0.29, 0.717) is 5.56 Å². The van der Waals surface area contributed by atoms with Gasteiger partial charge in [-0.1, -0.05) is 79.7 Å². The Balaban J connectivity index is 1.85. The summed E-state index contributed by atoms with van der Waals surface area (Å²) >= 11 is 0. The van der Waals surface area contributed by atoms with E-state index in [2.05, 4.69) is 5.32 Å². The molecule has 3 aromatic carbocycles. The minimum absolute atomic E-state index is 0.199. The number of nitrogens with zero attached hydrogens (tertiary/aromatic N) is 1. The van der Waals surface area contributed by atoms with Gasteiger partial charge in [0.2, 0.25) is 15.9 Å². The van der Waals surface area contributed by atoms with Crippen molar-refractivity contribution in [2.24, 2.45) is 0 Å². The highest BCUT2D eigenvalue weighted by Crippen LogP contribution is 2.23. The van der Waals surface area contributed by atoms with Crippen LogP contribution in [0.1, 0.15) is 35.2 Å². The van der Waals surface area contributed by atoms with Crippen LogP contribution in [0.25, 0.3) is 0 Å². The Bertz CT molecular complexity index is 1090. The maximum absolute atomic E-state index is 13.2. The summed E-state index contributed by atoms with van der Waals surface area (Å²) in [5.74, 6) is -0.353. The highest BCUT2D eigenvalue weighted by molar-refractivity contribution is 7.89. The third kappa shape index (κ3) is 5.40. The zero-order valence-electron chi connectivity index (χ0n) is 18.1. The quantitative estimate of drug-likeness (QED) is 0.575. The van der Waals surface area contributed by atoms with Crippen LogP contribution in [0.15, 0.2) is 83.8 Å². The van der Waals surface area contributed by atoms with E-state index in [0.717, 1.165) is 16.7 Å². The number of nitrogens with one attached hydrogen (secondary N) is 1. The van der Waals surface area contributed by atoms with Crippen molar-refractivity contribution in [3.8, 4) is 0 Å². The molecule has 0 saturated heterocycles. The molecule has 0 aliphatic rings. The second-order valence-corrected chi connectivity index (χ2v) is 9.43. The van der Waals surface area contributed by atoms with Gasteiger partial charge in [0.1, 0.15) is 0 Å². The number of amides is 1. The highest BCUT2D eigenvalue weighted by Gasteiger charge is 2.28. The molecule has 0 aromatic heterocycles. The topological polar surface area (TPSA) is 66.5 Å². The van der Waals surface area contributed by atoms with Crippen LogP contribution in [0.4, 0.5) is 0 Å². The lowest BCUT2D eigenvalue weighted by Crippen LogP contribution is -2.42. The van der Waals surface area contributed by atoms with Crippen molar-refractivity contribution in [1.82, 2.24) is 9.62 Å². The van der Waals surface area contributed by atoms with Gasteiger partial charge in [0, 0.05) is 6.54 Å². The maximum Gasteiger partial charge on any atom is 0.243 e. The monoisotopic (exact) mass is 436 g/mol. The smallest absolute Gasteiger partial charge is 0.243 e. The molecule has 162 valence electrons. The normalized spacial score (nSPS) is 11.6. The lowest BCUT2D eigenvalue weighted by Gasteiger charge is -2.24. The van der Waals surface area contributed by atoms with Crippen molar-refractivity contribution in [3.63, 3.8) is 0 Å². The van der Waals surface area contributed by atoms with Gasteiger partial charge in [0.15, 0.2) is 0 Å². The van der Waals surface area contributed by atoms with Crippen LogP contribution < -0.4 is 5.32 Å². The Morgan fingerprint density at radius 2 is 1.45 bits per heavy atom. The minimum atomic E-state index is -3.79. The molecule has 3 rings (SSSR count). The predicted octanol–water partition coefficient (Wildman–Crippen LogP) is 4.22. The van der Waals surface area contributed by atoms with Crippen LogP contribution >= 0.6 is 0 Å². The van der Waals surface area contributed by atoms with Crippen molar-refractivity contribution in [2.75, 3.05) is 13.1 Å². The van der Waals surface area contributed by atoms with E-state index in [4.69, 9.17) is 0 Å². The summed E-state index contributed by atoms with van der Waals surface area (Å²) in [6.45, 7) is 5.31. The molecule has 31 heavy (non-hydrogen) atoms. The number of aryl methyl sites for hydroxylation is 2. The third-order valence-electron chi connectivity index (χ3n) is 5.21. The first kappa shape index (κ1) is 22.7. The Hall–Kier alpha value is -2.96. The first-order chi connectivity index (χ1) is 14.8. The van der Waals surface area contributed by atoms with Crippen molar-refractivity contribution in [3.05, 3.63) is 101 Å². The molecule has 3 aromatic rings. The Morgan fingerprint density at radius 1 is 0.903 bits per heavy atom. The maximum atomic E-state index is 13.2. The van der Waals surface area contributed by atoms with Crippen molar-refractivity contribution < 1.29 is 13.2 Å². The fourth-order valence-electron chi connectivity index (χ4n) is 3.51. The van der Waals surface area contributed by atoms with E-state index >= 15 is 0 Å². The van der Waals surface area contributed by atoms with Gasteiger partial charge in [0.05, 0.1) is 17.5 Å². The Kier molecular flexibility index (Phi) is 7.25. The highest BCUT2D eigenvalue weighted by atomic mass is 32.2. The van der Waals surface area contributed by atoms with Gasteiger partial charge in [-0.2, -0.15) is 4.31 Å². The zero-order valence-corrected chi connectivity index (χ0v) is 18.9. The van der Waals surface area contributed by atoms with Crippen LogP contribution in [0.5, 0.6) is 0 Å². The van der Waals surface area contributed by atoms with Gasteiger partial charge in [-0.15, -0.1) is 0 Å². The van der Waals surface area contributed by atoms with Crippen LogP contribution in [0.2, 0.25) is 0 Å². The molecule has 0 fully saturated rings. The van der Waals surface area contributed by atoms with E-state index in [1.165, 1.54) is 4.31 Å². The summed E-state index contributed by atoms with van der Waals surface area (Å²) in [6, 6.07) is 24.3. The second kappa shape index (κ2) is 9.90. The Labute approximate surface area is 184 Å². The molecule has 1 N–H and O–H groups in total. The van der Waals surface area contributed by atoms with E-state index in [9.17, 15) is 13.2 Å². The standard InChI is InChI=1S/C25H28N2O3S/c1-4-27(31(29,30)23-17-19(2)15-16-20(23)3)18-24(28)26-25(21-11-7-5-8-12-21)22-13-9-6-10-14-22/h5-17,25H,4,18H2,1-3H3,(H,26,28). The van der Waals surface area contributed by atoms with Crippen molar-refractivity contribution in [2.45, 2.75) is 31.7 Å². The van der Waals surface area contributed by atoms with E-state index in [1.54, 1.807) is 26.0 Å². The number of carbonyl (C=O) groups is 1. The SMILES string of the molecule is CCN(CC(=O)NC(c1ccccc1)c1ccccc1)S(=O)(=O)c1cc(C)ccc1C. The summed E-state index contributed by atoms with van der Waals surface area (Å²) in [5, 5.41) is 3.02. The summed E-state index contributed by atoms with van der Waals surface area (Å²) in [6.07, 6.45) is 0. The average Bonchev–Trinajstić information content (AvgIpc) is 2.78. The average molecular weight is 437 g/mol. The lowest BCUT2D eigenvalue weighted by molar-refractivity contribution is -0.121. The predicted molar refractivity (Wildman–Crippen MR) is 123 cm³/mol. The summed E-state index contributed by atoms with van der Waals surface area (Å²) < 4.78 is 27.7. The zero-order chi connectivity index (χ0) is 22.4. The fraction of sp³-hybridized carbons (Fsp3) is 0.240. The number of hydrogen-bond donors (Lipinski definition) is 1. The Morgan fingerprint density at radius 3 is 1.97 bits per heavy atom. The van der Waals surface area contributed by atoms with Crippen molar-refractivity contribution >= 4 is 15.9 Å². The first-order valence-electron chi connectivity index (χ1n) is 10.3. The molecular weight excluding hydrogens is 408 g/mol. The molecule has 0 unspecified atom stereocenters. The minimum Gasteiger partial charge on any atom is -0.344 e. The van der Waals surface area contributed by atoms with E-state index in [-0.39, 0.29) is 29.9 Å². The molecule has 1 amide bonds. The van der Waals surface area contributed by atoms with Gasteiger partial charge in [-0.25, -0.2) is 8.42 Å². The molecule has 0 heterocycles. The van der Waals surface area contributed by atoms with Crippen molar-refractivity contribution in [1.29, 1.82) is 0 Å². The summed E-state index contributed by atoms with van der Waals surface area (Å²) in [5.41, 5.74) is 3.39. The van der Waals surface area contributed by atoms with Gasteiger partial charge in [-0.3, -0.25) is 4.79 Å². The summed E-state index contributed by atoms with van der Waals surface area (Å²) in [7, 11) is -3.79. The van der Waals surface area contributed by atoms with Crippen LogP contribution in [-0.2, 0) is 14.8 Å². The van der Waals surface area contributed by atoms with Crippen LogP contribution in [0, 0.1) is 13.8 Å². The van der Waals surface area contributed by atoms with Gasteiger partial charge in [-0.05, 0) is 42.2 Å². The summed E-state index contributed by atoms with van der Waals surface area (Å²) in [4.78, 5) is 13.2. The molecule has 0 aliphatic heterocycles.